The Kier molecular flexibility index (Phi) is 7.25. The van der Waals surface area contributed by atoms with Gasteiger partial charge < -0.3 is 14.5 Å². The minimum atomic E-state index is -1.10. The number of rotatable bonds is 9. The highest BCUT2D eigenvalue weighted by atomic mass is 32.2. The fourth-order valence-corrected chi connectivity index (χ4v) is 3.94. The zero-order chi connectivity index (χ0) is 20.6. The largest absolute Gasteiger partial charge is 0.494 e. The summed E-state index contributed by atoms with van der Waals surface area (Å²) in [6.45, 7) is 4.96. The summed E-state index contributed by atoms with van der Waals surface area (Å²) in [4.78, 5) is 12.3. The molecule has 0 saturated carbocycles. The molecule has 1 heterocycles. The second-order valence-electron chi connectivity index (χ2n) is 6.74. The predicted molar refractivity (Wildman–Crippen MR) is 114 cm³/mol. The molecule has 2 aromatic carbocycles. The molecule has 1 atom stereocenters. The van der Waals surface area contributed by atoms with Gasteiger partial charge in [-0.3, -0.25) is 9.00 Å². The minimum Gasteiger partial charge on any atom is -0.494 e. The Labute approximate surface area is 173 Å². The summed E-state index contributed by atoms with van der Waals surface area (Å²) in [5.74, 6) is 2.01. The SMILES string of the molecule is CCOc1ccc(CNC(=O)c2ccc(CS(=O)Cc3ccc(C)cc3)o2)cc1. The van der Waals surface area contributed by atoms with Crippen LogP contribution in [0.4, 0.5) is 0 Å². The van der Waals surface area contributed by atoms with Crippen LogP contribution in [0.25, 0.3) is 0 Å². The Bertz CT molecular complexity index is 961. The van der Waals surface area contributed by atoms with Crippen molar-refractivity contribution in [3.63, 3.8) is 0 Å². The molecular formula is C23H25NO4S. The van der Waals surface area contributed by atoms with E-state index in [1.807, 2.05) is 62.4 Å². The first kappa shape index (κ1) is 20.9. The summed E-state index contributed by atoms with van der Waals surface area (Å²) in [6.07, 6.45) is 0. The molecule has 3 aromatic rings. The van der Waals surface area contributed by atoms with Crippen LogP contribution in [0.15, 0.2) is 65.1 Å². The van der Waals surface area contributed by atoms with E-state index in [4.69, 9.17) is 9.15 Å². The van der Waals surface area contributed by atoms with Gasteiger partial charge in [-0.05, 0) is 49.2 Å². The van der Waals surface area contributed by atoms with E-state index in [0.717, 1.165) is 16.9 Å². The fraction of sp³-hybridized carbons (Fsp3) is 0.261. The van der Waals surface area contributed by atoms with Crippen molar-refractivity contribution in [2.45, 2.75) is 31.9 Å². The van der Waals surface area contributed by atoms with Gasteiger partial charge in [0.15, 0.2) is 5.76 Å². The zero-order valence-corrected chi connectivity index (χ0v) is 17.5. The topological polar surface area (TPSA) is 68.5 Å². The molecule has 152 valence electrons. The number of hydrogen-bond donors (Lipinski definition) is 1. The van der Waals surface area contributed by atoms with Crippen LogP contribution in [0.2, 0.25) is 0 Å². The third kappa shape index (κ3) is 6.32. The van der Waals surface area contributed by atoms with Crippen molar-refractivity contribution < 1.29 is 18.2 Å². The Morgan fingerprint density at radius 3 is 2.34 bits per heavy atom. The van der Waals surface area contributed by atoms with Crippen molar-refractivity contribution in [1.29, 1.82) is 0 Å². The van der Waals surface area contributed by atoms with Crippen molar-refractivity contribution in [1.82, 2.24) is 5.32 Å². The Hall–Kier alpha value is -2.86. The molecular weight excluding hydrogens is 386 g/mol. The first-order chi connectivity index (χ1) is 14.0. The molecule has 0 radical (unpaired) electrons. The second kappa shape index (κ2) is 10.1. The number of carbonyl (C=O) groups is 1. The average Bonchev–Trinajstić information content (AvgIpc) is 3.17. The molecule has 0 aliphatic carbocycles. The highest BCUT2D eigenvalue weighted by Crippen LogP contribution is 2.15. The van der Waals surface area contributed by atoms with E-state index < -0.39 is 10.8 Å². The van der Waals surface area contributed by atoms with Gasteiger partial charge in [-0.15, -0.1) is 0 Å². The normalized spacial score (nSPS) is 11.8. The van der Waals surface area contributed by atoms with E-state index >= 15 is 0 Å². The van der Waals surface area contributed by atoms with Gasteiger partial charge in [-0.25, -0.2) is 0 Å². The number of carbonyl (C=O) groups excluding carboxylic acids is 1. The van der Waals surface area contributed by atoms with Crippen molar-refractivity contribution in [2.75, 3.05) is 6.61 Å². The summed E-state index contributed by atoms with van der Waals surface area (Å²) in [5.41, 5.74) is 3.16. The molecule has 3 rings (SSSR count). The standard InChI is InChI=1S/C23H25NO4S/c1-3-27-20-10-8-18(9-11-20)14-24-23(25)22-13-12-21(28-22)16-29(26)15-19-6-4-17(2)5-7-19/h4-13H,3,14-16H2,1-2H3,(H,24,25). The molecule has 5 nitrogen and oxygen atoms in total. The summed E-state index contributed by atoms with van der Waals surface area (Å²) in [6, 6.07) is 18.9. The number of hydrogen-bond acceptors (Lipinski definition) is 4. The number of nitrogens with one attached hydrogen (secondary N) is 1. The van der Waals surface area contributed by atoms with Crippen LogP contribution in [0.5, 0.6) is 5.75 Å². The van der Waals surface area contributed by atoms with Crippen LogP contribution in [0.1, 0.15) is 39.9 Å². The van der Waals surface area contributed by atoms with Crippen molar-refractivity contribution in [2.24, 2.45) is 0 Å². The first-order valence-electron chi connectivity index (χ1n) is 9.52. The monoisotopic (exact) mass is 411 g/mol. The Balaban J connectivity index is 1.50. The Morgan fingerprint density at radius 2 is 1.66 bits per heavy atom. The summed E-state index contributed by atoms with van der Waals surface area (Å²) in [5, 5.41) is 2.83. The Morgan fingerprint density at radius 1 is 0.966 bits per heavy atom. The molecule has 0 fully saturated rings. The maximum absolute atomic E-state index is 12.4. The summed E-state index contributed by atoms with van der Waals surface area (Å²) < 4.78 is 23.4. The summed E-state index contributed by atoms with van der Waals surface area (Å²) >= 11 is 0. The fourth-order valence-electron chi connectivity index (χ4n) is 2.80. The molecule has 29 heavy (non-hydrogen) atoms. The van der Waals surface area contributed by atoms with Crippen LogP contribution < -0.4 is 10.1 Å². The molecule has 1 amide bonds. The molecule has 1 aromatic heterocycles. The number of amides is 1. The third-order valence-corrected chi connectivity index (χ3v) is 5.59. The lowest BCUT2D eigenvalue weighted by Crippen LogP contribution is -2.22. The lowest BCUT2D eigenvalue weighted by atomic mass is 10.2. The van der Waals surface area contributed by atoms with Crippen LogP contribution in [0, 0.1) is 6.92 Å². The van der Waals surface area contributed by atoms with Gasteiger partial charge in [0.25, 0.3) is 5.91 Å². The van der Waals surface area contributed by atoms with Crippen LogP contribution in [-0.2, 0) is 28.9 Å². The maximum atomic E-state index is 12.4. The molecule has 6 heteroatoms. The number of aryl methyl sites for hydroxylation is 1. The zero-order valence-electron chi connectivity index (χ0n) is 16.6. The van der Waals surface area contributed by atoms with Gasteiger partial charge in [-0.1, -0.05) is 42.0 Å². The highest BCUT2D eigenvalue weighted by Gasteiger charge is 2.13. The lowest BCUT2D eigenvalue weighted by molar-refractivity contribution is 0.0921. The molecule has 0 saturated heterocycles. The van der Waals surface area contributed by atoms with E-state index in [9.17, 15) is 9.00 Å². The molecule has 0 spiro atoms. The van der Waals surface area contributed by atoms with E-state index in [0.29, 0.717) is 24.7 Å². The first-order valence-corrected chi connectivity index (χ1v) is 11.0. The quantitative estimate of drug-likeness (QED) is 0.568. The number of furan rings is 1. The minimum absolute atomic E-state index is 0.221. The van der Waals surface area contributed by atoms with Gasteiger partial charge in [0.2, 0.25) is 0 Å². The van der Waals surface area contributed by atoms with Gasteiger partial charge >= 0.3 is 0 Å². The van der Waals surface area contributed by atoms with Crippen LogP contribution in [0.3, 0.4) is 0 Å². The number of benzene rings is 2. The smallest absolute Gasteiger partial charge is 0.287 e. The van der Waals surface area contributed by atoms with E-state index in [2.05, 4.69) is 5.32 Å². The van der Waals surface area contributed by atoms with E-state index in [1.165, 1.54) is 5.56 Å². The van der Waals surface area contributed by atoms with E-state index in [1.54, 1.807) is 12.1 Å². The second-order valence-corrected chi connectivity index (χ2v) is 8.20. The molecule has 0 aliphatic rings. The lowest BCUT2D eigenvalue weighted by Gasteiger charge is -2.06. The van der Waals surface area contributed by atoms with E-state index in [-0.39, 0.29) is 17.4 Å². The third-order valence-electron chi connectivity index (χ3n) is 4.32. The van der Waals surface area contributed by atoms with Crippen molar-refractivity contribution in [3.8, 4) is 5.75 Å². The number of ether oxygens (including phenoxy) is 1. The van der Waals surface area contributed by atoms with Gasteiger partial charge in [-0.2, -0.15) is 0 Å². The summed E-state index contributed by atoms with van der Waals surface area (Å²) in [7, 11) is -1.10. The highest BCUT2D eigenvalue weighted by molar-refractivity contribution is 7.83. The molecule has 1 unspecified atom stereocenters. The van der Waals surface area contributed by atoms with Crippen molar-refractivity contribution >= 4 is 16.7 Å². The molecule has 1 N–H and O–H groups in total. The van der Waals surface area contributed by atoms with Gasteiger partial charge in [0.1, 0.15) is 11.5 Å². The van der Waals surface area contributed by atoms with Gasteiger partial charge in [0, 0.05) is 23.1 Å². The van der Waals surface area contributed by atoms with Crippen LogP contribution >= 0.6 is 0 Å². The average molecular weight is 412 g/mol. The predicted octanol–water partition coefficient (Wildman–Crippen LogP) is 4.37. The molecule has 0 aliphatic heterocycles. The van der Waals surface area contributed by atoms with Crippen LogP contribution in [-0.4, -0.2) is 16.7 Å². The maximum Gasteiger partial charge on any atom is 0.287 e. The van der Waals surface area contributed by atoms with Crippen molar-refractivity contribution in [3.05, 3.63) is 88.9 Å². The van der Waals surface area contributed by atoms with Gasteiger partial charge in [0.05, 0.1) is 12.4 Å². The molecule has 0 bridgehead atoms.